The van der Waals surface area contributed by atoms with Crippen molar-refractivity contribution in [3.8, 4) is 11.1 Å². The van der Waals surface area contributed by atoms with Crippen LogP contribution in [0.2, 0.25) is 0 Å². The number of rotatable bonds is 6. The van der Waals surface area contributed by atoms with Crippen molar-refractivity contribution in [2.24, 2.45) is 0 Å². The Morgan fingerprint density at radius 1 is 0.741 bits per heavy atom. The predicted octanol–water partition coefficient (Wildman–Crippen LogP) is 4.81. The molecule has 4 rings (SSSR count). The van der Waals surface area contributed by atoms with Crippen LogP contribution in [0.5, 0.6) is 0 Å². The average molecular weight is 356 g/mol. The molecular weight excluding hydrogens is 336 g/mol. The Balaban J connectivity index is 1.39. The van der Waals surface area contributed by atoms with E-state index in [4.69, 9.17) is 4.74 Å². The van der Waals surface area contributed by atoms with Gasteiger partial charge in [0.05, 0.1) is 5.41 Å². The van der Waals surface area contributed by atoms with Crippen molar-refractivity contribution in [1.82, 2.24) is 0 Å². The van der Waals surface area contributed by atoms with Crippen molar-refractivity contribution in [2.45, 2.75) is 18.3 Å². The minimum atomic E-state index is -0.557. The fraction of sp³-hybridized carbons (Fsp3) is 0.167. The van der Waals surface area contributed by atoms with E-state index in [1.165, 1.54) is 0 Å². The second kappa shape index (κ2) is 7.20. The summed E-state index contributed by atoms with van der Waals surface area (Å²) in [5, 5.41) is 0. The van der Waals surface area contributed by atoms with Crippen molar-refractivity contribution in [3.63, 3.8) is 0 Å². The van der Waals surface area contributed by atoms with E-state index in [0.29, 0.717) is 5.56 Å². The topological polar surface area (TPSA) is 43.4 Å². The minimum absolute atomic E-state index is 0.188. The highest BCUT2D eigenvalue weighted by Gasteiger charge is 2.52. The zero-order chi connectivity index (χ0) is 18.7. The molecule has 0 radical (unpaired) electrons. The van der Waals surface area contributed by atoms with Crippen molar-refractivity contribution in [1.29, 1.82) is 0 Å². The molecule has 0 N–H and O–H groups in total. The number of carbonyl (C=O) groups excluding carboxylic acids is 2. The number of benzene rings is 3. The Morgan fingerprint density at radius 2 is 1.30 bits per heavy atom. The van der Waals surface area contributed by atoms with Gasteiger partial charge < -0.3 is 4.74 Å². The monoisotopic (exact) mass is 356 g/mol. The Bertz CT molecular complexity index is 940. The molecule has 3 aromatic carbocycles. The molecule has 0 atom stereocenters. The summed E-state index contributed by atoms with van der Waals surface area (Å²) in [5.74, 6) is -0.491. The van der Waals surface area contributed by atoms with E-state index in [1.807, 2.05) is 72.8 Å². The number of ether oxygens (including phenoxy) is 1. The van der Waals surface area contributed by atoms with Crippen LogP contribution in [-0.4, -0.2) is 18.4 Å². The third-order valence-electron chi connectivity index (χ3n) is 5.12. The smallest absolute Gasteiger partial charge is 0.317 e. The zero-order valence-electron chi connectivity index (χ0n) is 14.9. The van der Waals surface area contributed by atoms with Crippen LogP contribution in [0.1, 0.15) is 28.8 Å². The average Bonchev–Trinajstić information content (AvgIpc) is 3.55. The Hall–Kier alpha value is -3.20. The molecule has 0 unspecified atom stereocenters. The van der Waals surface area contributed by atoms with Crippen LogP contribution >= 0.6 is 0 Å². The van der Waals surface area contributed by atoms with Gasteiger partial charge >= 0.3 is 5.97 Å². The van der Waals surface area contributed by atoms with Crippen molar-refractivity contribution < 1.29 is 14.3 Å². The molecule has 0 spiro atoms. The molecule has 0 saturated heterocycles. The van der Waals surface area contributed by atoms with Gasteiger partial charge in [-0.3, -0.25) is 9.59 Å². The van der Waals surface area contributed by atoms with Gasteiger partial charge in [0, 0.05) is 5.56 Å². The summed E-state index contributed by atoms with van der Waals surface area (Å²) in [5.41, 5.74) is 3.10. The van der Waals surface area contributed by atoms with E-state index in [2.05, 4.69) is 0 Å². The van der Waals surface area contributed by atoms with E-state index in [9.17, 15) is 9.59 Å². The molecule has 0 aliphatic heterocycles. The lowest BCUT2D eigenvalue weighted by Gasteiger charge is -2.14. The van der Waals surface area contributed by atoms with E-state index >= 15 is 0 Å². The highest BCUT2D eigenvalue weighted by molar-refractivity contribution is 5.99. The van der Waals surface area contributed by atoms with Crippen molar-refractivity contribution in [2.75, 3.05) is 6.61 Å². The molecule has 1 aliphatic rings. The van der Waals surface area contributed by atoms with Crippen molar-refractivity contribution >= 4 is 11.8 Å². The summed E-state index contributed by atoms with van der Waals surface area (Å²) >= 11 is 0. The number of esters is 1. The maximum absolute atomic E-state index is 12.5. The molecular formula is C24H20O3. The number of hydrogen-bond donors (Lipinski definition) is 0. The first-order valence-corrected chi connectivity index (χ1v) is 9.10. The molecule has 0 amide bonds. The van der Waals surface area contributed by atoms with E-state index < -0.39 is 5.41 Å². The molecule has 1 saturated carbocycles. The van der Waals surface area contributed by atoms with Gasteiger partial charge in [0.15, 0.2) is 12.4 Å². The van der Waals surface area contributed by atoms with Crippen LogP contribution in [-0.2, 0) is 14.9 Å². The van der Waals surface area contributed by atoms with Gasteiger partial charge in [-0.15, -0.1) is 0 Å². The van der Waals surface area contributed by atoms with Crippen LogP contribution in [0.3, 0.4) is 0 Å². The normalized spacial score (nSPS) is 14.4. The summed E-state index contributed by atoms with van der Waals surface area (Å²) in [6.45, 7) is -0.224. The molecule has 134 valence electrons. The summed E-state index contributed by atoms with van der Waals surface area (Å²) in [6, 6.07) is 27.0. The van der Waals surface area contributed by atoms with Crippen LogP contribution in [0, 0.1) is 0 Å². The van der Waals surface area contributed by atoms with Gasteiger partial charge in [0.2, 0.25) is 0 Å². The second-order valence-electron chi connectivity index (χ2n) is 6.89. The zero-order valence-corrected chi connectivity index (χ0v) is 14.9. The highest BCUT2D eigenvalue weighted by Crippen LogP contribution is 2.49. The highest BCUT2D eigenvalue weighted by atomic mass is 16.5. The fourth-order valence-corrected chi connectivity index (χ4v) is 3.32. The molecule has 27 heavy (non-hydrogen) atoms. The first-order chi connectivity index (χ1) is 13.2. The Morgan fingerprint density at radius 3 is 1.89 bits per heavy atom. The predicted molar refractivity (Wildman–Crippen MR) is 105 cm³/mol. The maximum Gasteiger partial charge on any atom is 0.317 e. The van der Waals surface area contributed by atoms with Crippen LogP contribution in [0.4, 0.5) is 0 Å². The minimum Gasteiger partial charge on any atom is -0.457 e. The maximum atomic E-state index is 12.5. The Labute approximate surface area is 158 Å². The summed E-state index contributed by atoms with van der Waals surface area (Å²) in [6.07, 6.45) is 1.55. The lowest BCUT2D eigenvalue weighted by molar-refractivity contribution is -0.145. The fourth-order valence-electron chi connectivity index (χ4n) is 3.32. The number of hydrogen-bond acceptors (Lipinski definition) is 3. The Kier molecular flexibility index (Phi) is 4.59. The van der Waals surface area contributed by atoms with Crippen molar-refractivity contribution in [3.05, 3.63) is 96.1 Å². The molecule has 0 bridgehead atoms. The van der Waals surface area contributed by atoms with Gasteiger partial charge in [-0.1, -0.05) is 84.9 Å². The number of Topliss-reactive ketones (excluding diaryl/α,β-unsaturated/α-hetero) is 1. The molecule has 3 heteroatoms. The summed E-state index contributed by atoms with van der Waals surface area (Å²) in [7, 11) is 0. The molecule has 0 aromatic heterocycles. The lowest BCUT2D eigenvalue weighted by atomic mass is 9.96. The SMILES string of the molecule is O=C(COC(=O)C1(c2ccccc2)CC1)c1ccc(-c2ccccc2)cc1. The molecule has 3 nitrogen and oxygen atoms in total. The molecule has 0 heterocycles. The standard InChI is InChI=1S/C24H20O3/c25-22(20-13-11-19(12-14-20)18-7-3-1-4-8-18)17-27-23(26)24(15-16-24)21-9-5-2-6-10-21/h1-14H,15-17H2. The first kappa shape index (κ1) is 17.2. The third kappa shape index (κ3) is 3.54. The summed E-state index contributed by atoms with van der Waals surface area (Å²) < 4.78 is 5.37. The van der Waals surface area contributed by atoms with Gasteiger partial charge in [-0.25, -0.2) is 0 Å². The van der Waals surface area contributed by atoms with Crippen LogP contribution < -0.4 is 0 Å². The summed E-state index contributed by atoms with van der Waals surface area (Å²) in [4.78, 5) is 24.9. The van der Waals surface area contributed by atoms with Gasteiger partial charge in [-0.05, 0) is 29.5 Å². The van der Waals surface area contributed by atoms with E-state index in [0.717, 1.165) is 29.5 Å². The number of ketones is 1. The third-order valence-corrected chi connectivity index (χ3v) is 5.12. The van der Waals surface area contributed by atoms with Gasteiger partial charge in [-0.2, -0.15) is 0 Å². The van der Waals surface area contributed by atoms with Crippen LogP contribution in [0.15, 0.2) is 84.9 Å². The van der Waals surface area contributed by atoms with Gasteiger partial charge in [0.1, 0.15) is 0 Å². The molecule has 1 fully saturated rings. The van der Waals surface area contributed by atoms with E-state index in [-0.39, 0.29) is 18.4 Å². The number of carbonyl (C=O) groups is 2. The quantitative estimate of drug-likeness (QED) is 0.470. The molecule has 1 aliphatic carbocycles. The first-order valence-electron chi connectivity index (χ1n) is 9.10. The largest absolute Gasteiger partial charge is 0.457 e. The van der Waals surface area contributed by atoms with Crippen LogP contribution in [0.25, 0.3) is 11.1 Å². The second-order valence-corrected chi connectivity index (χ2v) is 6.89. The van der Waals surface area contributed by atoms with E-state index in [1.54, 1.807) is 12.1 Å². The lowest BCUT2D eigenvalue weighted by Crippen LogP contribution is -2.25. The van der Waals surface area contributed by atoms with Gasteiger partial charge in [0.25, 0.3) is 0 Å². The molecule has 3 aromatic rings.